The average Bonchev–Trinajstić information content (AvgIpc) is 3.27. The van der Waals surface area contributed by atoms with Gasteiger partial charge in [-0.05, 0) is 37.5 Å². The predicted molar refractivity (Wildman–Crippen MR) is 97.6 cm³/mol. The summed E-state index contributed by atoms with van der Waals surface area (Å²) in [5.74, 6) is 2.30. The highest BCUT2D eigenvalue weighted by Crippen LogP contribution is 2.36. The Morgan fingerprint density at radius 1 is 1.31 bits per heavy atom. The topological polar surface area (TPSA) is 64.8 Å². The minimum atomic E-state index is 0.0591. The lowest BCUT2D eigenvalue weighted by Crippen LogP contribution is -2.32. The Balaban J connectivity index is 1.80. The van der Waals surface area contributed by atoms with Crippen LogP contribution in [-0.4, -0.2) is 36.7 Å². The first-order chi connectivity index (χ1) is 12.6. The van der Waals surface area contributed by atoms with Gasteiger partial charge in [0.25, 0.3) is 0 Å². The molecule has 2 aromatic rings. The Kier molecular flexibility index (Phi) is 5.49. The molecule has 1 atom stereocenters. The van der Waals surface area contributed by atoms with Gasteiger partial charge >= 0.3 is 0 Å². The molecular formula is C20H26N2O4. The zero-order valence-corrected chi connectivity index (χ0v) is 15.9. The lowest BCUT2D eigenvalue weighted by Gasteiger charge is -2.25. The highest BCUT2D eigenvalue weighted by atomic mass is 16.5. The van der Waals surface area contributed by atoms with E-state index in [1.807, 2.05) is 36.9 Å². The van der Waals surface area contributed by atoms with Crippen LogP contribution in [0.15, 0.2) is 22.7 Å². The molecule has 0 spiro atoms. The van der Waals surface area contributed by atoms with Crippen LogP contribution in [-0.2, 0) is 17.6 Å². The van der Waals surface area contributed by atoms with E-state index >= 15 is 0 Å². The van der Waals surface area contributed by atoms with Crippen LogP contribution in [0.4, 0.5) is 0 Å². The van der Waals surface area contributed by atoms with Crippen LogP contribution in [0.2, 0.25) is 0 Å². The zero-order valence-electron chi connectivity index (χ0n) is 15.9. The summed E-state index contributed by atoms with van der Waals surface area (Å²) in [5, 5.41) is 4.11. The summed E-state index contributed by atoms with van der Waals surface area (Å²) in [6.45, 7) is 4.77. The molecule has 1 amide bonds. The molecule has 1 aliphatic rings. The van der Waals surface area contributed by atoms with Gasteiger partial charge in [0.05, 0.1) is 32.4 Å². The molecule has 0 aliphatic carbocycles. The van der Waals surface area contributed by atoms with Gasteiger partial charge in [0, 0.05) is 18.5 Å². The molecule has 2 heterocycles. The summed E-state index contributed by atoms with van der Waals surface area (Å²) in [6, 6.07) is 5.67. The maximum absolute atomic E-state index is 13.0. The number of methoxy groups -OCH3 is 2. The van der Waals surface area contributed by atoms with Gasteiger partial charge in [0.1, 0.15) is 5.76 Å². The third-order valence-corrected chi connectivity index (χ3v) is 5.01. The molecule has 140 valence electrons. The average molecular weight is 358 g/mol. The number of rotatable bonds is 6. The van der Waals surface area contributed by atoms with Gasteiger partial charge in [-0.15, -0.1) is 0 Å². The monoisotopic (exact) mass is 358 g/mol. The minimum absolute atomic E-state index is 0.0591. The molecule has 0 N–H and O–H groups in total. The number of ether oxygens (including phenoxy) is 2. The van der Waals surface area contributed by atoms with Gasteiger partial charge in [-0.1, -0.05) is 18.1 Å². The molecule has 26 heavy (non-hydrogen) atoms. The van der Waals surface area contributed by atoms with Crippen molar-refractivity contribution in [3.05, 3.63) is 40.8 Å². The molecule has 1 saturated heterocycles. The second kappa shape index (κ2) is 7.81. The number of aryl methyl sites for hydroxylation is 2. The van der Waals surface area contributed by atoms with E-state index in [1.54, 1.807) is 14.2 Å². The quantitative estimate of drug-likeness (QED) is 0.791. The van der Waals surface area contributed by atoms with E-state index in [1.165, 1.54) is 0 Å². The van der Waals surface area contributed by atoms with E-state index in [4.69, 9.17) is 14.0 Å². The highest BCUT2D eigenvalue weighted by Gasteiger charge is 2.34. The SMILES string of the molecule is CCc1onc(C)c1[C@@H]1CCCN1C(=O)Cc1ccc(OC)c(OC)c1. The molecule has 1 aliphatic heterocycles. The number of hydrogen-bond acceptors (Lipinski definition) is 5. The van der Waals surface area contributed by atoms with E-state index < -0.39 is 0 Å². The van der Waals surface area contributed by atoms with E-state index in [0.717, 1.165) is 48.4 Å². The summed E-state index contributed by atoms with van der Waals surface area (Å²) in [4.78, 5) is 15.0. The number of carbonyl (C=O) groups excluding carboxylic acids is 1. The Labute approximate surface area is 154 Å². The van der Waals surface area contributed by atoms with Crippen molar-refractivity contribution in [2.24, 2.45) is 0 Å². The largest absolute Gasteiger partial charge is 0.493 e. The molecule has 3 rings (SSSR count). The standard InChI is InChI=1S/C20H26N2O4/c1-5-16-20(13(2)21-26-16)15-7-6-10-22(15)19(23)12-14-8-9-17(24-3)18(11-14)25-4/h8-9,11,15H,5-7,10,12H2,1-4H3/t15-/m0/s1. The van der Waals surface area contributed by atoms with Crippen LogP contribution in [0.25, 0.3) is 0 Å². The number of benzene rings is 1. The van der Waals surface area contributed by atoms with Crippen molar-refractivity contribution < 1.29 is 18.8 Å². The van der Waals surface area contributed by atoms with E-state index in [9.17, 15) is 4.79 Å². The van der Waals surface area contributed by atoms with Crippen LogP contribution >= 0.6 is 0 Å². The number of likely N-dealkylation sites (tertiary alicyclic amines) is 1. The van der Waals surface area contributed by atoms with Crippen LogP contribution in [0, 0.1) is 6.92 Å². The third kappa shape index (κ3) is 3.41. The van der Waals surface area contributed by atoms with Gasteiger partial charge in [0.15, 0.2) is 11.5 Å². The second-order valence-electron chi connectivity index (χ2n) is 6.57. The predicted octanol–water partition coefficient (Wildman–Crippen LogP) is 3.47. The molecule has 1 fully saturated rings. The highest BCUT2D eigenvalue weighted by molar-refractivity contribution is 5.80. The Hall–Kier alpha value is -2.50. The molecule has 1 aromatic carbocycles. The van der Waals surface area contributed by atoms with Crippen LogP contribution in [0.5, 0.6) is 11.5 Å². The first-order valence-electron chi connectivity index (χ1n) is 9.04. The normalized spacial score (nSPS) is 16.8. The summed E-state index contributed by atoms with van der Waals surface area (Å²) in [5.41, 5.74) is 2.89. The Morgan fingerprint density at radius 2 is 2.08 bits per heavy atom. The van der Waals surface area contributed by atoms with E-state index in [0.29, 0.717) is 17.9 Å². The van der Waals surface area contributed by atoms with Crippen molar-refractivity contribution in [3.8, 4) is 11.5 Å². The molecule has 0 saturated carbocycles. The maximum atomic E-state index is 13.0. The fourth-order valence-corrected chi connectivity index (χ4v) is 3.74. The number of aromatic nitrogens is 1. The number of carbonyl (C=O) groups is 1. The van der Waals surface area contributed by atoms with Crippen molar-refractivity contribution in [3.63, 3.8) is 0 Å². The van der Waals surface area contributed by atoms with E-state index in [-0.39, 0.29) is 11.9 Å². The number of amides is 1. The lowest BCUT2D eigenvalue weighted by atomic mass is 10.0. The van der Waals surface area contributed by atoms with Crippen molar-refractivity contribution in [1.82, 2.24) is 10.1 Å². The summed E-state index contributed by atoms with van der Waals surface area (Å²) < 4.78 is 16.0. The van der Waals surface area contributed by atoms with Crippen molar-refractivity contribution in [1.29, 1.82) is 0 Å². The molecule has 1 aromatic heterocycles. The zero-order chi connectivity index (χ0) is 18.7. The Bertz CT molecular complexity index is 784. The van der Waals surface area contributed by atoms with Gasteiger partial charge < -0.3 is 18.9 Å². The van der Waals surface area contributed by atoms with Gasteiger partial charge in [0.2, 0.25) is 5.91 Å². The first-order valence-corrected chi connectivity index (χ1v) is 9.04. The summed E-state index contributed by atoms with van der Waals surface area (Å²) in [7, 11) is 3.20. The van der Waals surface area contributed by atoms with E-state index in [2.05, 4.69) is 5.16 Å². The molecule has 0 unspecified atom stereocenters. The lowest BCUT2D eigenvalue weighted by molar-refractivity contribution is -0.131. The summed E-state index contributed by atoms with van der Waals surface area (Å²) in [6.07, 6.45) is 3.07. The van der Waals surface area contributed by atoms with Crippen LogP contribution in [0.1, 0.15) is 48.4 Å². The fourth-order valence-electron chi connectivity index (χ4n) is 3.74. The van der Waals surface area contributed by atoms with Crippen molar-refractivity contribution >= 4 is 5.91 Å². The molecule has 6 nitrogen and oxygen atoms in total. The smallest absolute Gasteiger partial charge is 0.227 e. The second-order valence-corrected chi connectivity index (χ2v) is 6.57. The van der Waals surface area contributed by atoms with Gasteiger partial charge in [-0.2, -0.15) is 0 Å². The molecule has 0 radical (unpaired) electrons. The third-order valence-electron chi connectivity index (χ3n) is 5.01. The first kappa shape index (κ1) is 18.3. The molecular weight excluding hydrogens is 332 g/mol. The van der Waals surface area contributed by atoms with Crippen molar-refractivity contribution in [2.45, 2.75) is 45.6 Å². The summed E-state index contributed by atoms with van der Waals surface area (Å²) >= 11 is 0. The molecule has 0 bridgehead atoms. The van der Waals surface area contributed by atoms with Gasteiger partial charge in [-0.3, -0.25) is 4.79 Å². The van der Waals surface area contributed by atoms with Gasteiger partial charge in [-0.25, -0.2) is 0 Å². The Morgan fingerprint density at radius 3 is 2.77 bits per heavy atom. The fraction of sp³-hybridized carbons (Fsp3) is 0.500. The minimum Gasteiger partial charge on any atom is -0.493 e. The van der Waals surface area contributed by atoms with Crippen LogP contribution in [0.3, 0.4) is 0 Å². The van der Waals surface area contributed by atoms with Crippen molar-refractivity contribution in [2.75, 3.05) is 20.8 Å². The maximum Gasteiger partial charge on any atom is 0.227 e. The number of nitrogens with zero attached hydrogens (tertiary/aromatic N) is 2. The molecule has 6 heteroatoms. The van der Waals surface area contributed by atoms with Crippen LogP contribution < -0.4 is 9.47 Å². The number of hydrogen-bond donors (Lipinski definition) is 0.